The number of para-hydroxylation sites is 2. The summed E-state index contributed by atoms with van der Waals surface area (Å²) in [4.78, 5) is 30.3. The van der Waals surface area contributed by atoms with Gasteiger partial charge in [0.05, 0.1) is 76.4 Å². The molecule has 15 nitrogen and oxygen atoms in total. The molecule has 0 saturated carbocycles. The van der Waals surface area contributed by atoms with Crippen LogP contribution >= 0.6 is 0 Å². The molecule has 0 bridgehead atoms. The fraction of sp³-hybridized carbons (Fsp3) is 0.436. The predicted octanol–water partition coefficient (Wildman–Crippen LogP) is 7.39. The number of fused-ring (bicyclic) bond motifs is 3. The van der Waals surface area contributed by atoms with Gasteiger partial charge in [-0.1, -0.05) is 67.6 Å². The van der Waals surface area contributed by atoms with Gasteiger partial charge in [-0.3, -0.25) is 9.59 Å². The highest BCUT2D eigenvalue weighted by molar-refractivity contribution is 6.03. The topological polar surface area (TPSA) is 142 Å². The van der Waals surface area contributed by atoms with Crippen LogP contribution in [-0.2, 0) is 44.1 Å². The van der Waals surface area contributed by atoms with E-state index in [1.54, 1.807) is 7.11 Å². The Morgan fingerprint density at radius 3 is 2.30 bits per heavy atom. The molecule has 1 N–H and O–H groups in total. The average molecular weight is 955 g/mol. The van der Waals surface area contributed by atoms with E-state index < -0.39 is 5.97 Å². The Kier molecular flexibility index (Phi) is 16.1. The monoisotopic (exact) mass is 955 g/mol. The maximum absolute atomic E-state index is 13.4. The number of hydrogen-bond acceptors (Lipinski definition) is 12. The van der Waals surface area contributed by atoms with E-state index in [1.807, 2.05) is 40.0 Å². The third-order valence-electron chi connectivity index (χ3n) is 13.7. The lowest BCUT2D eigenvalue weighted by molar-refractivity contribution is -0.401. The maximum atomic E-state index is 13.4. The molecule has 1 aliphatic carbocycles. The van der Waals surface area contributed by atoms with E-state index >= 15 is 0 Å². The van der Waals surface area contributed by atoms with Crippen LogP contribution in [0, 0.1) is 0 Å². The third kappa shape index (κ3) is 11.0. The van der Waals surface area contributed by atoms with Crippen molar-refractivity contribution in [1.82, 2.24) is 20.3 Å². The molecule has 0 spiro atoms. The van der Waals surface area contributed by atoms with Crippen molar-refractivity contribution in [2.75, 3.05) is 110 Å². The zero-order valence-electron chi connectivity index (χ0n) is 41.8. The number of amides is 1. The number of methoxy groups -OCH3 is 2. The predicted molar refractivity (Wildman–Crippen MR) is 272 cm³/mol. The second-order valence-electron chi connectivity index (χ2n) is 18.9. The Bertz CT molecular complexity index is 2690. The van der Waals surface area contributed by atoms with Crippen molar-refractivity contribution in [2.24, 2.45) is 0 Å². The lowest BCUT2D eigenvalue weighted by Gasteiger charge is -2.27. The van der Waals surface area contributed by atoms with Crippen LogP contribution < -0.4 is 19.9 Å². The van der Waals surface area contributed by atoms with Gasteiger partial charge in [0.15, 0.2) is 5.71 Å². The average Bonchev–Trinajstić information content (AvgIpc) is 3.98. The van der Waals surface area contributed by atoms with Gasteiger partial charge in [0.2, 0.25) is 11.6 Å². The van der Waals surface area contributed by atoms with E-state index in [2.05, 4.69) is 116 Å². The van der Waals surface area contributed by atoms with Gasteiger partial charge in [0.1, 0.15) is 38.2 Å². The minimum absolute atomic E-state index is 0.0144. The summed E-state index contributed by atoms with van der Waals surface area (Å²) in [6.45, 7) is 13.2. The van der Waals surface area contributed by atoms with Crippen molar-refractivity contribution in [2.45, 2.75) is 57.8 Å². The van der Waals surface area contributed by atoms with Crippen LogP contribution in [0.1, 0.15) is 58.1 Å². The van der Waals surface area contributed by atoms with Crippen molar-refractivity contribution in [3.05, 3.63) is 125 Å². The number of nitrogens with one attached hydrogen (secondary N) is 1. The number of benzene rings is 3. The molecule has 15 heteroatoms. The van der Waals surface area contributed by atoms with Gasteiger partial charge in [-0.05, 0) is 80.2 Å². The highest BCUT2D eigenvalue weighted by Gasteiger charge is 2.43. The second kappa shape index (κ2) is 22.6. The molecule has 4 aromatic rings. The van der Waals surface area contributed by atoms with Crippen molar-refractivity contribution >= 4 is 40.3 Å². The summed E-state index contributed by atoms with van der Waals surface area (Å²) in [6, 6.07) is 22.8. The second-order valence-corrected chi connectivity index (χ2v) is 18.9. The fourth-order valence-electron chi connectivity index (χ4n) is 9.98. The molecule has 370 valence electrons. The maximum Gasteiger partial charge on any atom is 0.325 e. The van der Waals surface area contributed by atoms with E-state index in [9.17, 15) is 9.59 Å². The van der Waals surface area contributed by atoms with Crippen molar-refractivity contribution in [3.63, 3.8) is 0 Å². The van der Waals surface area contributed by atoms with Crippen LogP contribution in [0.3, 0.4) is 0 Å². The van der Waals surface area contributed by atoms with E-state index in [4.69, 9.17) is 38.7 Å². The standard InChI is InChI=1S/C55H67N7O8/c1-54(2)42-15-8-10-17-45(42)59(5)49(54)23-20-39-13-12-14-40(21-24-50-55(3,4)43-16-9-11-18-46(43)61(50)37-51(63)56-25-27-65-6)53(39)62-36-44(57-58-62)41-19-22-48-47(35-41)60(38-52(64)66-7)26-28-67-29-30-68-31-32-69-33-34-70-48/h8-11,15-24,35-36H,12-14,25-34,37-38H2,1-7H3/p+1. The first-order chi connectivity index (χ1) is 33.9. The summed E-state index contributed by atoms with van der Waals surface area (Å²) < 4.78 is 38.1. The van der Waals surface area contributed by atoms with E-state index in [1.165, 1.54) is 24.1 Å². The Labute approximate surface area is 412 Å². The number of aromatic nitrogens is 3. The summed E-state index contributed by atoms with van der Waals surface area (Å²) >= 11 is 0. The summed E-state index contributed by atoms with van der Waals surface area (Å²) in [7, 11) is 5.15. The summed E-state index contributed by atoms with van der Waals surface area (Å²) in [5, 5.41) is 12.7. The normalized spacial score (nSPS) is 19.7. The van der Waals surface area contributed by atoms with Crippen LogP contribution in [0.4, 0.5) is 17.1 Å². The highest BCUT2D eigenvalue weighted by Crippen LogP contribution is 2.48. The van der Waals surface area contributed by atoms with Gasteiger partial charge in [-0.25, -0.2) is 4.68 Å². The van der Waals surface area contributed by atoms with Crippen molar-refractivity contribution in [1.29, 1.82) is 0 Å². The summed E-state index contributed by atoms with van der Waals surface area (Å²) in [5.41, 5.74) is 11.6. The Morgan fingerprint density at radius 2 is 1.54 bits per heavy atom. The van der Waals surface area contributed by atoms with Crippen LogP contribution in [-0.4, -0.2) is 137 Å². The Morgan fingerprint density at radius 1 is 0.814 bits per heavy atom. The first-order valence-electron chi connectivity index (χ1n) is 24.3. The van der Waals surface area contributed by atoms with Gasteiger partial charge in [-0.2, -0.15) is 4.58 Å². The van der Waals surface area contributed by atoms with Crippen LogP contribution in [0.15, 0.2) is 114 Å². The number of nitrogens with zero attached hydrogens (tertiary/aromatic N) is 6. The molecule has 1 aromatic heterocycles. The number of carbonyl (C=O) groups is 2. The molecule has 3 aromatic carbocycles. The molecule has 3 aliphatic heterocycles. The van der Waals surface area contributed by atoms with Crippen LogP contribution in [0.25, 0.3) is 17.0 Å². The minimum Gasteiger partial charge on any atom is -0.489 e. The van der Waals surface area contributed by atoms with Crippen molar-refractivity contribution in [3.8, 4) is 17.0 Å². The van der Waals surface area contributed by atoms with Gasteiger partial charge >= 0.3 is 5.97 Å². The number of hydrogen-bond donors (Lipinski definition) is 1. The van der Waals surface area contributed by atoms with E-state index in [-0.39, 0.29) is 29.8 Å². The molecule has 1 amide bonds. The smallest absolute Gasteiger partial charge is 0.325 e. The number of esters is 1. The van der Waals surface area contributed by atoms with Crippen LogP contribution in [0.2, 0.25) is 0 Å². The molecule has 0 fully saturated rings. The SMILES string of the molecule is COCCNC(=O)CN1/C(=C/C=C2\CCCC(/C=C/C3=[N+](C)c4ccccc4C3(C)C)=C2n2cc(-c3ccc4c(c3)N(CC(=O)OC)CCOCCOCCOCCO4)nn2)C(C)(C)c2ccccc21. The Balaban J connectivity index is 1.21. The van der Waals surface area contributed by atoms with Gasteiger partial charge in [0, 0.05) is 60.3 Å². The number of ether oxygens (including phenoxy) is 6. The molecule has 70 heavy (non-hydrogen) atoms. The lowest BCUT2D eigenvalue weighted by atomic mass is 9.81. The number of rotatable bonds is 12. The fourth-order valence-corrected chi connectivity index (χ4v) is 9.98. The third-order valence-corrected chi connectivity index (χ3v) is 13.7. The first kappa shape index (κ1) is 50.0. The molecule has 0 unspecified atom stereocenters. The highest BCUT2D eigenvalue weighted by atomic mass is 16.6. The quantitative estimate of drug-likeness (QED) is 0.0860. The molecule has 8 rings (SSSR count). The molecule has 4 aliphatic rings. The zero-order chi connectivity index (χ0) is 49.3. The number of carbonyl (C=O) groups excluding carboxylic acids is 2. The number of allylic oxidation sites excluding steroid dienone is 8. The molecular formula is C55H68N7O8+. The van der Waals surface area contributed by atoms with Crippen molar-refractivity contribution < 1.29 is 42.6 Å². The van der Waals surface area contributed by atoms with E-state index in [0.29, 0.717) is 83.1 Å². The van der Waals surface area contributed by atoms with E-state index in [0.717, 1.165) is 58.6 Å². The van der Waals surface area contributed by atoms with Gasteiger partial charge in [-0.15, -0.1) is 5.10 Å². The van der Waals surface area contributed by atoms with Gasteiger partial charge in [0.25, 0.3) is 0 Å². The molecule has 0 atom stereocenters. The molecule has 0 radical (unpaired) electrons. The van der Waals surface area contributed by atoms with Gasteiger partial charge < -0.3 is 43.5 Å². The summed E-state index contributed by atoms with van der Waals surface area (Å²) in [6.07, 6.45) is 13.5. The zero-order valence-corrected chi connectivity index (χ0v) is 41.8. The number of anilines is 2. The molecule has 0 saturated heterocycles. The Hall–Kier alpha value is -6.39. The van der Waals surface area contributed by atoms with Crippen LogP contribution in [0.5, 0.6) is 5.75 Å². The lowest BCUT2D eigenvalue weighted by Crippen LogP contribution is -2.38. The molecular weight excluding hydrogens is 887 g/mol. The minimum atomic E-state index is -0.390. The largest absolute Gasteiger partial charge is 0.489 e. The molecule has 4 heterocycles. The summed E-state index contributed by atoms with van der Waals surface area (Å²) in [5.74, 6) is 0.124. The first-order valence-corrected chi connectivity index (χ1v) is 24.3.